The van der Waals surface area contributed by atoms with E-state index >= 15 is 0 Å². The van der Waals surface area contributed by atoms with Crippen molar-refractivity contribution in [2.75, 3.05) is 6.54 Å². The number of carbonyl (C=O) groups excluding carboxylic acids is 1. The summed E-state index contributed by atoms with van der Waals surface area (Å²) in [5.74, 6) is -0.833. The number of hydrogen-bond acceptors (Lipinski definition) is 3. The average Bonchev–Trinajstić information content (AvgIpc) is 2.59. The highest BCUT2D eigenvalue weighted by Gasteiger charge is 2.20. The summed E-state index contributed by atoms with van der Waals surface area (Å²) in [6.07, 6.45) is 0.747. The largest absolute Gasteiger partial charge is 0.387 e. The van der Waals surface area contributed by atoms with Crippen LogP contribution in [0.1, 0.15) is 47.9 Å². The van der Waals surface area contributed by atoms with Crippen molar-refractivity contribution in [3.63, 3.8) is 0 Å². The summed E-state index contributed by atoms with van der Waals surface area (Å²) in [7, 11) is 0. The number of nitrogens with one attached hydrogen (secondary N) is 1. The fraction of sp³-hybridized carbons (Fsp3) is 0.350. The number of β-amino-alcohol motifs (C(OH)–C–C–N with tert-alkyl or cyclic N) is 1. The quantitative estimate of drug-likeness (QED) is 0.689. The van der Waals surface area contributed by atoms with Crippen LogP contribution in [0.25, 0.3) is 0 Å². The van der Waals surface area contributed by atoms with Crippen LogP contribution in [0.5, 0.6) is 0 Å². The highest BCUT2D eigenvalue weighted by atomic mass is 19.1. The SMILES string of the molecule is CC(C)(CCc1ccc(C(N)=O)cc1)NC[C@H](O)c1ccccc1F. The highest BCUT2D eigenvalue weighted by Crippen LogP contribution is 2.19. The van der Waals surface area contributed by atoms with Gasteiger partial charge in [-0.3, -0.25) is 4.79 Å². The number of nitrogens with two attached hydrogens (primary N) is 1. The van der Waals surface area contributed by atoms with Gasteiger partial charge >= 0.3 is 0 Å². The van der Waals surface area contributed by atoms with E-state index in [9.17, 15) is 14.3 Å². The lowest BCUT2D eigenvalue weighted by Crippen LogP contribution is -2.42. The van der Waals surface area contributed by atoms with Gasteiger partial charge in [-0.15, -0.1) is 0 Å². The van der Waals surface area contributed by atoms with Gasteiger partial charge in [0.1, 0.15) is 5.82 Å². The summed E-state index contributed by atoms with van der Waals surface area (Å²) in [5, 5.41) is 13.5. The van der Waals surface area contributed by atoms with Crippen LogP contribution in [0.3, 0.4) is 0 Å². The second-order valence-electron chi connectivity index (χ2n) is 6.86. The van der Waals surface area contributed by atoms with Gasteiger partial charge in [-0.05, 0) is 50.5 Å². The van der Waals surface area contributed by atoms with Crippen molar-refractivity contribution in [1.29, 1.82) is 0 Å². The first-order chi connectivity index (χ1) is 11.8. The predicted molar refractivity (Wildman–Crippen MR) is 96.7 cm³/mol. The number of primary amides is 1. The predicted octanol–water partition coefficient (Wildman–Crippen LogP) is 2.96. The Morgan fingerprint density at radius 3 is 2.44 bits per heavy atom. The number of benzene rings is 2. The molecule has 4 N–H and O–H groups in total. The fourth-order valence-corrected chi connectivity index (χ4v) is 2.61. The molecule has 0 bridgehead atoms. The van der Waals surface area contributed by atoms with Crippen LogP contribution in [0.4, 0.5) is 4.39 Å². The molecule has 0 saturated heterocycles. The number of halogens is 1. The Hall–Kier alpha value is -2.24. The molecule has 2 aromatic carbocycles. The molecular weight excluding hydrogens is 319 g/mol. The molecule has 0 radical (unpaired) electrons. The van der Waals surface area contributed by atoms with E-state index in [0.717, 1.165) is 18.4 Å². The van der Waals surface area contributed by atoms with Crippen LogP contribution in [0, 0.1) is 5.82 Å². The van der Waals surface area contributed by atoms with Gasteiger partial charge in [0.05, 0.1) is 6.10 Å². The van der Waals surface area contributed by atoms with Gasteiger partial charge in [-0.25, -0.2) is 4.39 Å². The summed E-state index contributed by atoms with van der Waals surface area (Å²) < 4.78 is 13.7. The molecule has 1 amide bonds. The molecule has 0 heterocycles. The lowest BCUT2D eigenvalue weighted by molar-refractivity contribution is 0.1000. The number of aryl methyl sites for hydroxylation is 1. The first-order valence-electron chi connectivity index (χ1n) is 8.35. The maximum atomic E-state index is 13.7. The average molecular weight is 344 g/mol. The van der Waals surface area contributed by atoms with Crippen molar-refractivity contribution in [2.24, 2.45) is 5.73 Å². The third-order valence-electron chi connectivity index (χ3n) is 4.32. The Balaban J connectivity index is 1.86. The minimum Gasteiger partial charge on any atom is -0.387 e. The topological polar surface area (TPSA) is 75.4 Å². The van der Waals surface area contributed by atoms with E-state index in [1.165, 1.54) is 6.07 Å². The van der Waals surface area contributed by atoms with Crippen molar-refractivity contribution in [3.8, 4) is 0 Å². The van der Waals surface area contributed by atoms with Crippen LogP contribution < -0.4 is 11.1 Å². The fourth-order valence-electron chi connectivity index (χ4n) is 2.61. The maximum Gasteiger partial charge on any atom is 0.248 e. The van der Waals surface area contributed by atoms with Gasteiger partial charge in [0.15, 0.2) is 0 Å². The molecule has 2 rings (SSSR count). The summed E-state index contributed by atoms with van der Waals surface area (Å²) in [6.45, 7) is 4.35. The number of rotatable bonds is 8. The van der Waals surface area contributed by atoms with Gasteiger partial charge < -0.3 is 16.2 Å². The molecule has 2 aromatic rings. The number of carbonyl (C=O) groups is 1. The molecule has 0 fully saturated rings. The van der Waals surface area contributed by atoms with E-state index < -0.39 is 17.8 Å². The van der Waals surface area contributed by atoms with E-state index in [2.05, 4.69) is 5.32 Å². The van der Waals surface area contributed by atoms with Crippen molar-refractivity contribution < 1.29 is 14.3 Å². The maximum absolute atomic E-state index is 13.7. The first-order valence-corrected chi connectivity index (χ1v) is 8.35. The molecule has 0 aliphatic heterocycles. The molecule has 0 unspecified atom stereocenters. The second-order valence-corrected chi connectivity index (χ2v) is 6.86. The Bertz CT molecular complexity index is 714. The zero-order valence-electron chi connectivity index (χ0n) is 14.6. The van der Waals surface area contributed by atoms with Crippen molar-refractivity contribution in [3.05, 3.63) is 71.0 Å². The lowest BCUT2D eigenvalue weighted by atomic mass is 9.94. The lowest BCUT2D eigenvalue weighted by Gasteiger charge is -2.28. The Kier molecular flexibility index (Phi) is 6.28. The number of amides is 1. The molecule has 1 atom stereocenters. The molecule has 25 heavy (non-hydrogen) atoms. The van der Waals surface area contributed by atoms with Gasteiger partial charge in [0, 0.05) is 23.2 Å². The van der Waals surface area contributed by atoms with Crippen molar-refractivity contribution in [2.45, 2.75) is 38.3 Å². The minimum atomic E-state index is -0.893. The molecular formula is C20H25FN2O2. The van der Waals surface area contributed by atoms with Gasteiger partial charge in [-0.2, -0.15) is 0 Å². The third kappa shape index (κ3) is 5.66. The van der Waals surface area contributed by atoms with E-state index in [1.54, 1.807) is 30.3 Å². The molecule has 134 valence electrons. The molecule has 0 saturated carbocycles. The summed E-state index contributed by atoms with van der Waals surface area (Å²) in [5.41, 5.74) is 6.91. The first kappa shape index (κ1) is 19.1. The summed E-state index contributed by atoms with van der Waals surface area (Å²) >= 11 is 0. The van der Waals surface area contributed by atoms with E-state index in [0.29, 0.717) is 11.1 Å². The van der Waals surface area contributed by atoms with Gasteiger partial charge in [0.2, 0.25) is 5.91 Å². The highest BCUT2D eigenvalue weighted by molar-refractivity contribution is 5.92. The number of hydrogen-bond donors (Lipinski definition) is 3. The Morgan fingerprint density at radius 1 is 1.20 bits per heavy atom. The van der Waals surface area contributed by atoms with E-state index in [1.807, 2.05) is 26.0 Å². The van der Waals surface area contributed by atoms with E-state index in [4.69, 9.17) is 5.73 Å². The van der Waals surface area contributed by atoms with Crippen LogP contribution in [-0.4, -0.2) is 23.1 Å². The second kappa shape index (κ2) is 8.23. The van der Waals surface area contributed by atoms with Crippen molar-refractivity contribution in [1.82, 2.24) is 5.32 Å². The monoisotopic (exact) mass is 344 g/mol. The molecule has 0 aliphatic carbocycles. The summed E-state index contributed by atoms with van der Waals surface area (Å²) in [6, 6.07) is 13.5. The molecule has 5 heteroatoms. The van der Waals surface area contributed by atoms with Crippen molar-refractivity contribution >= 4 is 5.91 Å². The number of aliphatic hydroxyl groups excluding tert-OH is 1. The standard InChI is InChI=1S/C20H25FN2O2/c1-20(2,12-11-14-7-9-15(10-8-14)19(22)25)23-13-18(24)16-5-3-4-6-17(16)21/h3-10,18,23-24H,11-13H2,1-2H3,(H2,22,25)/t18-/m0/s1. The van der Waals surface area contributed by atoms with Gasteiger partial charge in [0.25, 0.3) is 0 Å². The molecule has 4 nitrogen and oxygen atoms in total. The zero-order chi connectivity index (χ0) is 18.4. The molecule has 0 aliphatic rings. The Labute approximate surface area is 147 Å². The van der Waals surface area contributed by atoms with Crippen LogP contribution in [0.2, 0.25) is 0 Å². The minimum absolute atomic E-state index is 0.228. The normalized spacial score (nSPS) is 12.8. The third-order valence-corrected chi connectivity index (χ3v) is 4.32. The smallest absolute Gasteiger partial charge is 0.248 e. The van der Waals surface area contributed by atoms with Crippen LogP contribution in [-0.2, 0) is 6.42 Å². The van der Waals surface area contributed by atoms with Crippen LogP contribution >= 0.6 is 0 Å². The van der Waals surface area contributed by atoms with E-state index in [-0.39, 0.29) is 12.1 Å². The van der Waals surface area contributed by atoms with Gasteiger partial charge in [-0.1, -0.05) is 30.3 Å². The summed E-state index contributed by atoms with van der Waals surface area (Å²) in [4.78, 5) is 11.1. The van der Waals surface area contributed by atoms with Crippen LogP contribution in [0.15, 0.2) is 48.5 Å². The molecule has 0 spiro atoms. The number of aliphatic hydroxyl groups is 1. The zero-order valence-corrected chi connectivity index (χ0v) is 14.6. The Morgan fingerprint density at radius 2 is 1.84 bits per heavy atom. The molecule has 0 aromatic heterocycles.